The summed E-state index contributed by atoms with van der Waals surface area (Å²) in [4.78, 5) is 51.5. The molecular weight excluding hydrogens is 370 g/mol. The van der Waals surface area contributed by atoms with Gasteiger partial charge in [0.2, 0.25) is 0 Å². The third-order valence-corrected chi connectivity index (χ3v) is 2.76. The molecule has 0 aliphatic rings. The molecule has 0 bridgehead atoms. The Morgan fingerprint density at radius 2 is 1.41 bits per heavy atom. The highest BCUT2D eigenvalue weighted by molar-refractivity contribution is 5.88. The van der Waals surface area contributed by atoms with E-state index in [9.17, 15) is 29.1 Å². The summed E-state index contributed by atoms with van der Waals surface area (Å²) in [6.07, 6.45) is -3.16. The highest BCUT2D eigenvalue weighted by atomic mass is 16.5. The number of ether oxygens (including phenoxy) is 1. The highest BCUT2D eigenvalue weighted by Gasteiger charge is 2.40. The second-order valence-corrected chi connectivity index (χ2v) is 6.76. The predicted octanol–water partition coefficient (Wildman–Crippen LogP) is -2.48. The quantitative estimate of drug-likeness (QED) is 0.225. The maximum absolute atomic E-state index is 10.7. The van der Waals surface area contributed by atoms with Crippen molar-refractivity contribution in [1.82, 2.24) is 0 Å². The molecular formula is C15H25NO11. The Morgan fingerprint density at radius 1 is 1.00 bits per heavy atom. The van der Waals surface area contributed by atoms with Crippen molar-refractivity contribution in [2.24, 2.45) is 0 Å². The number of likely N-dealkylation sites (N-methyl/N-ethyl adjacent to an activating group) is 1. The Kier molecular flexibility index (Phi) is 10.9. The van der Waals surface area contributed by atoms with Crippen molar-refractivity contribution in [3.63, 3.8) is 0 Å². The molecule has 0 aliphatic carbocycles. The number of nitrogens with zero attached hydrogens (tertiary/aromatic N) is 1. The molecule has 27 heavy (non-hydrogen) atoms. The Balaban J connectivity index is 0. The van der Waals surface area contributed by atoms with Gasteiger partial charge in [0.05, 0.1) is 34.0 Å². The van der Waals surface area contributed by atoms with Crippen LogP contribution in [0.5, 0.6) is 0 Å². The van der Waals surface area contributed by atoms with Gasteiger partial charge in [-0.05, 0) is 0 Å². The first-order chi connectivity index (χ1) is 12.0. The monoisotopic (exact) mass is 395 g/mol. The lowest BCUT2D eigenvalue weighted by Crippen LogP contribution is -2.45. The van der Waals surface area contributed by atoms with Gasteiger partial charge in [0.25, 0.3) is 0 Å². The number of carbonyl (C=O) groups excluding carboxylic acids is 2. The lowest BCUT2D eigenvalue weighted by atomic mass is 9.96. The van der Waals surface area contributed by atoms with Gasteiger partial charge >= 0.3 is 23.9 Å². The van der Waals surface area contributed by atoms with Crippen LogP contribution >= 0.6 is 0 Å². The van der Waals surface area contributed by atoms with Crippen LogP contribution in [0.25, 0.3) is 0 Å². The van der Waals surface area contributed by atoms with Gasteiger partial charge in [0.15, 0.2) is 11.7 Å². The van der Waals surface area contributed by atoms with Gasteiger partial charge in [-0.25, -0.2) is 4.79 Å². The molecule has 0 aromatic rings. The van der Waals surface area contributed by atoms with Gasteiger partial charge in [-0.15, -0.1) is 0 Å². The standard InChI is InChI=1S/C9H17NO4.C6H8O7/c1-7(11)14-8(5-9(12)13)6-10(2,3)4;7-3(8)1-6(13,5(11)12)2-4(9)10/h8H,5-6H2,1-4H3;13H,1-2H2,(H,7,8)(H,9,10)(H,11,12)/t8-;/m1./s1. The number of aliphatic hydroxyl groups is 1. The molecule has 0 saturated carbocycles. The van der Waals surface area contributed by atoms with E-state index in [1.54, 1.807) is 0 Å². The number of carboxylic acid groups (broad SMARTS) is 4. The van der Waals surface area contributed by atoms with Crippen LogP contribution in [-0.2, 0) is 28.7 Å². The van der Waals surface area contributed by atoms with Crippen LogP contribution in [0.1, 0.15) is 26.2 Å². The summed E-state index contributed by atoms with van der Waals surface area (Å²) in [5, 5.41) is 44.2. The lowest BCUT2D eigenvalue weighted by molar-refractivity contribution is -0.873. The van der Waals surface area contributed by atoms with E-state index < -0.39 is 54.4 Å². The van der Waals surface area contributed by atoms with Gasteiger partial charge < -0.3 is 39.5 Å². The smallest absolute Gasteiger partial charge is 0.336 e. The molecule has 0 amide bonds. The van der Waals surface area contributed by atoms with Crippen molar-refractivity contribution in [2.75, 3.05) is 27.7 Å². The fourth-order valence-corrected chi connectivity index (χ4v) is 1.89. The second-order valence-electron chi connectivity index (χ2n) is 6.76. The number of aliphatic carboxylic acids is 4. The van der Waals surface area contributed by atoms with Crippen molar-refractivity contribution in [3.8, 4) is 0 Å². The van der Waals surface area contributed by atoms with E-state index in [2.05, 4.69) is 0 Å². The average molecular weight is 395 g/mol. The van der Waals surface area contributed by atoms with Crippen molar-refractivity contribution in [2.45, 2.75) is 37.9 Å². The van der Waals surface area contributed by atoms with Crippen LogP contribution < -0.4 is 5.11 Å². The molecule has 0 radical (unpaired) electrons. The predicted molar refractivity (Wildman–Crippen MR) is 85.2 cm³/mol. The number of rotatable bonds is 10. The summed E-state index contributed by atoms with van der Waals surface area (Å²) >= 11 is 0. The fourth-order valence-electron chi connectivity index (χ4n) is 1.89. The number of quaternary nitrogens is 1. The largest absolute Gasteiger partial charge is 0.550 e. The van der Waals surface area contributed by atoms with E-state index in [4.69, 9.17) is 25.2 Å². The molecule has 12 nitrogen and oxygen atoms in total. The van der Waals surface area contributed by atoms with E-state index in [0.717, 1.165) is 0 Å². The van der Waals surface area contributed by atoms with Gasteiger partial charge in [-0.3, -0.25) is 14.4 Å². The van der Waals surface area contributed by atoms with Crippen LogP contribution in [-0.4, -0.2) is 94.1 Å². The minimum atomic E-state index is -2.74. The lowest BCUT2D eigenvalue weighted by Gasteiger charge is -2.28. The third kappa shape index (κ3) is 15.3. The first kappa shape index (κ1) is 26.5. The van der Waals surface area contributed by atoms with Gasteiger partial charge in [-0.2, -0.15) is 0 Å². The summed E-state index contributed by atoms with van der Waals surface area (Å²) < 4.78 is 5.39. The fraction of sp³-hybridized carbons (Fsp3) is 0.667. The zero-order valence-corrected chi connectivity index (χ0v) is 15.5. The molecule has 0 saturated heterocycles. The maximum atomic E-state index is 10.7. The molecule has 0 heterocycles. The van der Waals surface area contributed by atoms with E-state index in [-0.39, 0.29) is 6.42 Å². The third-order valence-electron chi connectivity index (χ3n) is 2.76. The summed E-state index contributed by atoms with van der Waals surface area (Å²) in [6, 6.07) is 0. The average Bonchev–Trinajstić information content (AvgIpc) is 2.32. The minimum Gasteiger partial charge on any atom is -0.550 e. The number of esters is 1. The Labute approximate surface area is 155 Å². The van der Waals surface area contributed by atoms with E-state index in [1.807, 2.05) is 21.1 Å². The molecule has 156 valence electrons. The Hall–Kier alpha value is -2.73. The van der Waals surface area contributed by atoms with E-state index in [0.29, 0.717) is 11.0 Å². The summed E-state index contributed by atoms with van der Waals surface area (Å²) in [6.45, 7) is 1.71. The highest BCUT2D eigenvalue weighted by Crippen LogP contribution is 2.15. The molecule has 1 atom stereocenters. The van der Waals surface area contributed by atoms with Crippen molar-refractivity contribution in [1.29, 1.82) is 0 Å². The SMILES string of the molecule is CC(=O)O[C@H](CC(=O)[O-])C[N+](C)(C)C.O=C(O)CC(O)(CC(=O)O)C(=O)O. The minimum absolute atomic E-state index is 0.255. The first-order valence-corrected chi connectivity index (χ1v) is 7.55. The number of hydrogen-bond donors (Lipinski definition) is 4. The molecule has 0 spiro atoms. The molecule has 0 aliphatic heterocycles. The number of hydrogen-bond acceptors (Lipinski definition) is 8. The topological polar surface area (TPSA) is 199 Å². The van der Waals surface area contributed by atoms with Gasteiger partial charge in [0.1, 0.15) is 6.54 Å². The summed E-state index contributed by atoms with van der Waals surface area (Å²) in [7, 11) is 5.68. The molecule has 0 unspecified atom stereocenters. The molecule has 0 rings (SSSR count). The normalized spacial score (nSPS) is 12.2. The summed E-state index contributed by atoms with van der Waals surface area (Å²) in [5.74, 6) is -6.69. The van der Waals surface area contributed by atoms with E-state index >= 15 is 0 Å². The number of carbonyl (C=O) groups is 5. The van der Waals surface area contributed by atoms with Crippen LogP contribution in [0, 0.1) is 0 Å². The Bertz CT molecular complexity index is 533. The van der Waals surface area contributed by atoms with Gasteiger partial charge in [0, 0.05) is 19.3 Å². The zero-order chi connectivity index (χ0) is 22.0. The molecule has 12 heteroatoms. The molecule has 0 fully saturated rings. The Morgan fingerprint density at radius 3 is 1.63 bits per heavy atom. The molecule has 0 aromatic carbocycles. The molecule has 4 N–H and O–H groups in total. The zero-order valence-electron chi connectivity index (χ0n) is 15.5. The number of carboxylic acids is 4. The molecule has 0 aromatic heterocycles. The van der Waals surface area contributed by atoms with Crippen LogP contribution in [0.4, 0.5) is 0 Å². The van der Waals surface area contributed by atoms with Crippen LogP contribution in [0.15, 0.2) is 0 Å². The maximum Gasteiger partial charge on any atom is 0.336 e. The van der Waals surface area contributed by atoms with Crippen molar-refractivity contribution in [3.05, 3.63) is 0 Å². The van der Waals surface area contributed by atoms with Crippen molar-refractivity contribution >= 4 is 29.8 Å². The van der Waals surface area contributed by atoms with Gasteiger partial charge in [-0.1, -0.05) is 0 Å². The summed E-state index contributed by atoms with van der Waals surface area (Å²) in [5.41, 5.74) is -2.74. The van der Waals surface area contributed by atoms with Crippen molar-refractivity contribution < 1.29 is 58.7 Å². The van der Waals surface area contributed by atoms with E-state index in [1.165, 1.54) is 6.92 Å². The second kappa shape index (κ2) is 11.1. The van der Waals surface area contributed by atoms with Crippen LogP contribution in [0.2, 0.25) is 0 Å². The van der Waals surface area contributed by atoms with Crippen LogP contribution in [0.3, 0.4) is 0 Å². The first-order valence-electron chi connectivity index (χ1n) is 7.55.